The molecule has 2 atom stereocenters. The third-order valence-corrected chi connectivity index (χ3v) is 2.96. The molecule has 0 aromatic rings. The molecule has 1 fully saturated rings. The molecule has 5 heteroatoms. The van der Waals surface area contributed by atoms with Crippen LogP contribution in [0.4, 0.5) is 0 Å². The number of carbonyl (C=O) groups is 2. The van der Waals surface area contributed by atoms with E-state index >= 15 is 0 Å². The summed E-state index contributed by atoms with van der Waals surface area (Å²) in [6.07, 6.45) is 1.34. The molecule has 2 unspecified atom stereocenters. The van der Waals surface area contributed by atoms with Gasteiger partial charge in [0.15, 0.2) is 5.44 Å². The maximum absolute atomic E-state index is 10.7. The van der Waals surface area contributed by atoms with Crippen molar-refractivity contribution in [2.75, 3.05) is 5.75 Å². The first-order valence-corrected chi connectivity index (χ1v) is 5.59. The average molecular weight is 218 g/mol. The van der Waals surface area contributed by atoms with E-state index in [1.54, 1.807) is 11.8 Å². The average Bonchev–Trinajstić information content (AvgIpc) is 2.01. The van der Waals surface area contributed by atoms with E-state index in [1.165, 1.54) is 13.8 Å². The van der Waals surface area contributed by atoms with Crippen LogP contribution in [-0.2, 0) is 19.1 Å². The Morgan fingerprint density at radius 2 is 1.86 bits per heavy atom. The highest BCUT2D eigenvalue weighted by Gasteiger charge is 2.26. The Morgan fingerprint density at radius 1 is 1.21 bits per heavy atom. The van der Waals surface area contributed by atoms with Crippen LogP contribution >= 0.6 is 11.8 Å². The normalized spacial score (nSPS) is 26.7. The van der Waals surface area contributed by atoms with Gasteiger partial charge in [0.05, 0.1) is 0 Å². The molecule has 1 rings (SSSR count). The Balaban J connectivity index is 2.35. The first-order chi connectivity index (χ1) is 6.58. The standard InChI is InChI=1S/C9H14O4S/c1-6(10)12-8-3-4-14-9(5-8)13-7(2)11/h8-9H,3-5H2,1-2H3. The molecule has 0 aromatic heterocycles. The Bertz CT molecular complexity index is 207. The van der Waals surface area contributed by atoms with Crippen LogP contribution in [-0.4, -0.2) is 29.2 Å². The fourth-order valence-electron chi connectivity index (χ4n) is 1.34. The van der Waals surface area contributed by atoms with Crippen LogP contribution in [0.1, 0.15) is 26.7 Å². The van der Waals surface area contributed by atoms with Gasteiger partial charge in [0.25, 0.3) is 0 Å². The van der Waals surface area contributed by atoms with Crippen molar-refractivity contribution in [1.29, 1.82) is 0 Å². The van der Waals surface area contributed by atoms with Crippen LogP contribution in [0.25, 0.3) is 0 Å². The van der Waals surface area contributed by atoms with E-state index in [0.29, 0.717) is 6.42 Å². The Morgan fingerprint density at radius 3 is 2.43 bits per heavy atom. The zero-order chi connectivity index (χ0) is 10.6. The third-order valence-electron chi connectivity index (χ3n) is 1.83. The highest BCUT2D eigenvalue weighted by Crippen LogP contribution is 2.28. The van der Waals surface area contributed by atoms with Crippen molar-refractivity contribution in [3.8, 4) is 0 Å². The molecule has 0 spiro atoms. The summed E-state index contributed by atoms with van der Waals surface area (Å²) in [5.74, 6) is 0.296. The van der Waals surface area contributed by atoms with Gasteiger partial charge in [-0.25, -0.2) is 0 Å². The van der Waals surface area contributed by atoms with Crippen molar-refractivity contribution < 1.29 is 19.1 Å². The Hall–Kier alpha value is -0.710. The molecule has 0 N–H and O–H groups in total. The fraction of sp³-hybridized carbons (Fsp3) is 0.778. The van der Waals surface area contributed by atoms with Crippen LogP contribution in [0, 0.1) is 0 Å². The van der Waals surface area contributed by atoms with E-state index < -0.39 is 0 Å². The molecule has 0 aliphatic carbocycles. The van der Waals surface area contributed by atoms with Gasteiger partial charge in [0, 0.05) is 26.0 Å². The lowest BCUT2D eigenvalue weighted by Gasteiger charge is -2.27. The Kier molecular flexibility index (Phi) is 4.25. The molecule has 4 nitrogen and oxygen atoms in total. The minimum absolute atomic E-state index is 0.0990. The molecule has 0 saturated carbocycles. The molecule has 1 aliphatic rings. The van der Waals surface area contributed by atoms with Crippen LogP contribution in [0.2, 0.25) is 0 Å². The zero-order valence-electron chi connectivity index (χ0n) is 8.32. The first-order valence-electron chi connectivity index (χ1n) is 4.54. The number of hydrogen-bond acceptors (Lipinski definition) is 5. The van der Waals surface area contributed by atoms with Gasteiger partial charge >= 0.3 is 11.9 Å². The monoisotopic (exact) mass is 218 g/mol. The topological polar surface area (TPSA) is 52.6 Å². The molecule has 0 aromatic carbocycles. The summed E-state index contributed by atoms with van der Waals surface area (Å²) < 4.78 is 10.1. The lowest BCUT2D eigenvalue weighted by Crippen LogP contribution is -2.29. The molecule has 14 heavy (non-hydrogen) atoms. The van der Waals surface area contributed by atoms with Gasteiger partial charge in [-0.3, -0.25) is 9.59 Å². The predicted octanol–water partition coefficient (Wildman–Crippen LogP) is 1.33. The molecular weight excluding hydrogens is 204 g/mol. The smallest absolute Gasteiger partial charge is 0.303 e. The fourth-order valence-corrected chi connectivity index (χ4v) is 2.56. The number of esters is 2. The summed E-state index contributed by atoms with van der Waals surface area (Å²) in [6.45, 7) is 2.78. The number of hydrogen-bond donors (Lipinski definition) is 0. The van der Waals surface area contributed by atoms with Gasteiger partial charge in [0.1, 0.15) is 6.10 Å². The van der Waals surface area contributed by atoms with Gasteiger partial charge in [-0.15, -0.1) is 11.8 Å². The van der Waals surface area contributed by atoms with Crippen molar-refractivity contribution in [2.45, 2.75) is 38.2 Å². The first kappa shape index (κ1) is 11.4. The van der Waals surface area contributed by atoms with E-state index in [9.17, 15) is 9.59 Å². The van der Waals surface area contributed by atoms with Crippen LogP contribution in [0.15, 0.2) is 0 Å². The molecule has 1 heterocycles. The second kappa shape index (κ2) is 5.24. The largest absolute Gasteiger partial charge is 0.462 e. The number of carbonyl (C=O) groups excluding carboxylic acids is 2. The van der Waals surface area contributed by atoms with Gasteiger partial charge in [0.2, 0.25) is 0 Å². The minimum atomic E-state index is -0.286. The highest BCUT2D eigenvalue weighted by atomic mass is 32.2. The van der Waals surface area contributed by atoms with Gasteiger partial charge in [-0.1, -0.05) is 0 Å². The van der Waals surface area contributed by atoms with Crippen LogP contribution in [0.3, 0.4) is 0 Å². The molecule has 1 aliphatic heterocycles. The van der Waals surface area contributed by atoms with Crippen molar-refractivity contribution in [3.05, 3.63) is 0 Å². The summed E-state index contributed by atoms with van der Waals surface area (Å²) in [4.78, 5) is 21.4. The molecular formula is C9H14O4S. The molecule has 0 amide bonds. The second-order valence-electron chi connectivity index (χ2n) is 3.17. The SMILES string of the molecule is CC(=O)OC1CCSC(OC(C)=O)C1. The number of thioether (sulfide) groups is 1. The quantitative estimate of drug-likeness (QED) is 0.654. The van der Waals surface area contributed by atoms with Crippen molar-refractivity contribution in [3.63, 3.8) is 0 Å². The maximum atomic E-state index is 10.7. The Labute approximate surface area is 87.3 Å². The van der Waals surface area contributed by atoms with Crippen molar-refractivity contribution in [1.82, 2.24) is 0 Å². The summed E-state index contributed by atoms with van der Waals surface area (Å²) in [5, 5.41) is 0. The summed E-state index contributed by atoms with van der Waals surface area (Å²) in [7, 11) is 0. The second-order valence-corrected chi connectivity index (χ2v) is 4.43. The maximum Gasteiger partial charge on any atom is 0.303 e. The third kappa shape index (κ3) is 4.00. The number of rotatable bonds is 2. The van der Waals surface area contributed by atoms with E-state index in [2.05, 4.69) is 0 Å². The van der Waals surface area contributed by atoms with Crippen LogP contribution in [0.5, 0.6) is 0 Å². The predicted molar refractivity (Wildman–Crippen MR) is 52.8 cm³/mol. The van der Waals surface area contributed by atoms with E-state index in [0.717, 1.165) is 12.2 Å². The lowest BCUT2D eigenvalue weighted by molar-refractivity contribution is -0.149. The van der Waals surface area contributed by atoms with Gasteiger partial charge in [-0.2, -0.15) is 0 Å². The number of ether oxygens (including phenoxy) is 2. The van der Waals surface area contributed by atoms with E-state index in [-0.39, 0.29) is 23.5 Å². The summed E-state index contributed by atoms with van der Waals surface area (Å²) >= 11 is 1.59. The highest BCUT2D eigenvalue weighted by molar-refractivity contribution is 7.99. The molecule has 0 radical (unpaired) electrons. The summed E-state index contributed by atoms with van der Waals surface area (Å²) in [5.41, 5.74) is -0.161. The van der Waals surface area contributed by atoms with E-state index in [4.69, 9.17) is 9.47 Å². The zero-order valence-corrected chi connectivity index (χ0v) is 9.13. The molecule has 1 saturated heterocycles. The molecule has 0 bridgehead atoms. The van der Waals surface area contributed by atoms with Crippen molar-refractivity contribution >= 4 is 23.7 Å². The van der Waals surface area contributed by atoms with Crippen molar-refractivity contribution in [2.24, 2.45) is 0 Å². The molecule has 80 valence electrons. The minimum Gasteiger partial charge on any atom is -0.462 e. The van der Waals surface area contributed by atoms with E-state index in [1.807, 2.05) is 0 Å². The summed E-state index contributed by atoms with van der Waals surface area (Å²) in [6, 6.07) is 0. The van der Waals surface area contributed by atoms with Crippen LogP contribution < -0.4 is 0 Å². The lowest BCUT2D eigenvalue weighted by atomic mass is 10.2. The van der Waals surface area contributed by atoms with Gasteiger partial charge < -0.3 is 9.47 Å². The van der Waals surface area contributed by atoms with Gasteiger partial charge in [-0.05, 0) is 6.42 Å².